The van der Waals surface area contributed by atoms with Gasteiger partial charge in [-0.05, 0) is 36.7 Å². The van der Waals surface area contributed by atoms with Crippen LogP contribution in [0.15, 0.2) is 47.6 Å². The quantitative estimate of drug-likeness (QED) is 0.330. The van der Waals surface area contributed by atoms with Crippen molar-refractivity contribution in [2.45, 2.75) is 13.0 Å². The van der Waals surface area contributed by atoms with Crippen LogP contribution in [-0.4, -0.2) is 69.8 Å². The van der Waals surface area contributed by atoms with E-state index in [-0.39, 0.29) is 24.0 Å². The van der Waals surface area contributed by atoms with Crippen molar-refractivity contribution in [2.75, 3.05) is 58.8 Å². The molecule has 0 spiro atoms. The van der Waals surface area contributed by atoms with E-state index >= 15 is 0 Å². The first-order chi connectivity index (χ1) is 14.2. The van der Waals surface area contributed by atoms with Crippen molar-refractivity contribution in [1.29, 1.82) is 0 Å². The minimum Gasteiger partial charge on any atom is -0.496 e. The molecule has 1 fully saturated rings. The van der Waals surface area contributed by atoms with Crippen LogP contribution in [0.5, 0.6) is 5.75 Å². The Balaban J connectivity index is 0.00000320. The first-order valence-corrected chi connectivity index (χ1v) is 10.1. The molecule has 0 aliphatic carbocycles. The number of hydrogen-bond donors (Lipinski definition) is 2. The Hall–Kier alpha value is -2.07. The van der Waals surface area contributed by atoms with E-state index in [1.807, 2.05) is 24.4 Å². The molecule has 3 rings (SSSR count). The lowest BCUT2D eigenvalue weighted by atomic mass is 10.1. The number of benzene rings is 1. The lowest BCUT2D eigenvalue weighted by molar-refractivity contribution is 0.312. The summed E-state index contributed by atoms with van der Waals surface area (Å²) in [4.78, 5) is 13.6. The van der Waals surface area contributed by atoms with Gasteiger partial charge in [0.1, 0.15) is 11.6 Å². The van der Waals surface area contributed by atoms with E-state index in [9.17, 15) is 0 Å². The van der Waals surface area contributed by atoms with Crippen LogP contribution < -0.4 is 20.3 Å². The van der Waals surface area contributed by atoms with Gasteiger partial charge in [-0.25, -0.2) is 4.98 Å². The van der Waals surface area contributed by atoms with E-state index in [0.717, 1.165) is 62.2 Å². The molecule has 164 valence electrons. The van der Waals surface area contributed by atoms with Crippen molar-refractivity contribution in [3.63, 3.8) is 0 Å². The molecule has 0 bridgehead atoms. The predicted molar refractivity (Wildman–Crippen MR) is 134 cm³/mol. The molecule has 0 radical (unpaired) electrons. The van der Waals surface area contributed by atoms with Crippen LogP contribution in [0.1, 0.15) is 11.1 Å². The Labute approximate surface area is 196 Å². The number of piperazine rings is 1. The maximum absolute atomic E-state index is 5.41. The highest BCUT2D eigenvalue weighted by Gasteiger charge is 2.14. The Morgan fingerprint density at radius 2 is 1.87 bits per heavy atom. The number of rotatable bonds is 7. The number of anilines is 1. The number of para-hydroxylation sites is 1. The van der Waals surface area contributed by atoms with Gasteiger partial charge in [0, 0.05) is 52.5 Å². The molecule has 1 aromatic carbocycles. The van der Waals surface area contributed by atoms with Crippen molar-refractivity contribution < 1.29 is 4.74 Å². The number of ether oxygens (including phenoxy) is 1. The molecule has 30 heavy (non-hydrogen) atoms. The van der Waals surface area contributed by atoms with Crippen LogP contribution in [0.3, 0.4) is 0 Å². The molecule has 1 aliphatic rings. The van der Waals surface area contributed by atoms with Crippen LogP contribution in [0.25, 0.3) is 0 Å². The lowest BCUT2D eigenvalue weighted by Crippen LogP contribution is -2.44. The number of methoxy groups -OCH3 is 1. The Kier molecular flexibility index (Phi) is 10.2. The predicted octanol–water partition coefficient (Wildman–Crippen LogP) is 2.37. The molecule has 7 nitrogen and oxygen atoms in total. The Bertz CT molecular complexity index is 790. The molecule has 1 aliphatic heterocycles. The van der Waals surface area contributed by atoms with Crippen molar-refractivity contribution in [3.8, 4) is 5.75 Å². The summed E-state index contributed by atoms with van der Waals surface area (Å²) in [6.45, 7) is 5.70. The number of guanidine groups is 1. The Morgan fingerprint density at radius 3 is 2.53 bits per heavy atom. The highest BCUT2D eigenvalue weighted by Crippen LogP contribution is 2.17. The number of nitrogens with zero attached hydrogens (tertiary/aromatic N) is 4. The maximum Gasteiger partial charge on any atom is 0.191 e. The van der Waals surface area contributed by atoms with Crippen LogP contribution >= 0.6 is 24.0 Å². The van der Waals surface area contributed by atoms with Crippen molar-refractivity contribution in [1.82, 2.24) is 20.5 Å². The zero-order valence-electron chi connectivity index (χ0n) is 18.1. The zero-order chi connectivity index (χ0) is 20.5. The average molecular weight is 524 g/mol. The van der Waals surface area contributed by atoms with E-state index in [0.29, 0.717) is 6.54 Å². The van der Waals surface area contributed by atoms with Crippen molar-refractivity contribution in [3.05, 3.63) is 53.7 Å². The topological polar surface area (TPSA) is 65.0 Å². The minimum atomic E-state index is 0. The summed E-state index contributed by atoms with van der Waals surface area (Å²) in [6, 6.07) is 12.3. The molecule has 2 aromatic rings. The number of aliphatic imine (C=N–C) groups is 1. The fourth-order valence-corrected chi connectivity index (χ4v) is 3.38. The standard InChI is InChI=1S/C22H32N6O.HI/c1-23-22(24-11-10-19-6-4-5-7-20(19)29-3)26-17-18-8-9-21(25-16-18)28-14-12-27(2)13-15-28;/h4-9,16H,10-15,17H2,1-3H3,(H2,23,24,26);1H. The summed E-state index contributed by atoms with van der Waals surface area (Å²) in [7, 11) is 5.65. The van der Waals surface area contributed by atoms with E-state index in [1.165, 1.54) is 5.56 Å². The number of likely N-dealkylation sites (N-methyl/N-ethyl adjacent to an activating group) is 1. The fourth-order valence-electron chi connectivity index (χ4n) is 3.38. The van der Waals surface area contributed by atoms with Crippen LogP contribution in [0.2, 0.25) is 0 Å². The fraction of sp³-hybridized carbons (Fsp3) is 0.455. The third-order valence-electron chi connectivity index (χ3n) is 5.20. The molecule has 8 heteroatoms. The van der Waals surface area contributed by atoms with Crippen molar-refractivity contribution in [2.24, 2.45) is 4.99 Å². The van der Waals surface area contributed by atoms with Gasteiger partial charge < -0.3 is 25.2 Å². The minimum absolute atomic E-state index is 0. The van der Waals surface area contributed by atoms with Crippen LogP contribution in [-0.2, 0) is 13.0 Å². The monoisotopic (exact) mass is 524 g/mol. The van der Waals surface area contributed by atoms with Gasteiger partial charge in [0.05, 0.1) is 7.11 Å². The molecule has 0 saturated carbocycles. The molecule has 2 heterocycles. The molecular weight excluding hydrogens is 491 g/mol. The Morgan fingerprint density at radius 1 is 1.10 bits per heavy atom. The van der Waals surface area contributed by atoms with Gasteiger partial charge in [-0.2, -0.15) is 0 Å². The first-order valence-electron chi connectivity index (χ1n) is 10.1. The van der Waals surface area contributed by atoms with Gasteiger partial charge in [0.25, 0.3) is 0 Å². The van der Waals surface area contributed by atoms with Gasteiger partial charge in [0.2, 0.25) is 0 Å². The second kappa shape index (κ2) is 12.6. The third kappa shape index (κ3) is 7.02. The highest BCUT2D eigenvalue weighted by atomic mass is 127. The van der Waals surface area contributed by atoms with E-state index in [1.54, 1.807) is 14.2 Å². The molecule has 0 unspecified atom stereocenters. The number of aromatic nitrogens is 1. The first kappa shape index (κ1) is 24.2. The largest absolute Gasteiger partial charge is 0.496 e. The summed E-state index contributed by atoms with van der Waals surface area (Å²) in [5, 5.41) is 6.71. The van der Waals surface area contributed by atoms with Gasteiger partial charge in [0.15, 0.2) is 5.96 Å². The smallest absolute Gasteiger partial charge is 0.191 e. The summed E-state index contributed by atoms with van der Waals surface area (Å²) in [5.41, 5.74) is 2.32. The number of halogens is 1. The second-order valence-corrected chi connectivity index (χ2v) is 7.23. The summed E-state index contributed by atoms with van der Waals surface area (Å²) in [5.74, 6) is 2.76. The number of pyridine rings is 1. The molecular formula is C22H33IN6O. The molecule has 0 atom stereocenters. The van der Waals surface area contributed by atoms with Gasteiger partial charge >= 0.3 is 0 Å². The molecule has 0 amide bonds. The molecule has 1 aromatic heterocycles. The summed E-state index contributed by atoms with van der Waals surface area (Å²) in [6.07, 6.45) is 2.81. The number of hydrogen-bond acceptors (Lipinski definition) is 5. The van der Waals surface area contributed by atoms with E-state index in [2.05, 4.69) is 55.7 Å². The molecule has 2 N–H and O–H groups in total. The second-order valence-electron chi connectivity index (χ2n) is 7.23. The van der Waals surface area contributed by atoms with E-state index < -0.39 is 0 Å². The van der Waals surface area contributed by atoms with Crippen LogP contribution in [0.4, 0.5) is 5.82 Å². The van der Waals surface area contributed by atoms with Gasteiger partial charge in [-0.15, -0.1) is 24.0 Å². The normalized spacial score (nSPS) is 14.8. The number of nitrogens with one attached hydrogen (secondary N) is 2. The maximum atomic E-state index is 5.41. The van der Waals surface area contributed by atoms with Gasteiger partial charge in [-0.1, -0.05) is 24.3 Å². The molecule has 1 saturated heterocycles. The summed E-state index contributed by atoms with van der Waals surface area (Å²) >= 11 is 0. The third-order valence-corrected chi connectivity index (χ3v) is 5.20. The average Bonchev–Trinajstić information content (AvgIpc) is 2.77. The lowest BCUT2D eigenvalue weighted by Gasteiger charge is -2.33. The summed E-state index contributed by atoms with van der Waals surface area (Å²) < 4.78 is 5.41. The zero-order valence-corrected chi connectivity index (χ0v) is 20.4. The van der Waals surface area contributed by atoms with Crippen LogP contribution in [0, 0.1) is 0 Å². The van der Waals surface area contributed by atoms with Crippen molar-refractivity contribution >= 4 is 35.8 Å². The SMILES string of the molecule is CN=C(NCCc1ccccc1OC)NCc1ccc(N2CCN(C)CC2)nc1.I. The van der Waals surface area contributed by atoms with E-state index in [4.69, 9.17) is 4.74 Å². The van der Waals surface area contributed by atoms with Gasteiger partial charge in [-0.3, -0.25) is 4.99 Å². The highest BCUT2D eigenvalue weighted by molar-refractivity contribution is 14.0.